The monoisotopic (exact) mass is 1560 g/mol. The highest BCUT2D eigenvalue weighted by Crippen LogP contribution is 2.38. The van der Waals surface area contributed by atoms with Crippen molar-refractivity contribution in [3.05, 3.63) is 240 Å². The van der Waals surface area contributed by atoms with Crippen molar-refractivity contribution >= 4 is 52.7 Å². The van der Waals surface area contributed by atoms with Gasteiger partial charge in [-0.25, -0.2) is 0 Å². The summed E-state index contributed by atoms with van der Waals surface area (Å²) in [4.78, 5) is 30.7. The van der Waals surface area contributed by atoms with Gasteiger partial charge >= 0.3 is 17.9 Å². The Morgan fingerprint density at radius 2 is 0.778 bits per heavy atom. The molecule has 19 N–H and O–H groups in total. The molecule has 108 heavy (non-hydrogen) atoms. The summed E-state index contributed by atoms with van der Waals surface area (Å²) in [6.45, 7) is 6.93. The van der Waals surface area contributed by atoms with E-state index in [2.05, 4.69) is 10.6 Å². The molecule has 25 nitrogen and oxygen atoms in total. The fraction of sp³-hybridized carbons (Fsp3) is 0.438. The number of hydrogen-bond donors (Lipinski definition) is 18. The molecule has 5 fully saturated rings. The van der Waals surface area contributed by atoms with Crippen molar-refractivity contribution in [3.63, 3.8) is 0 Å². The third-order valence-corrected chi connectivity index (χ3v) is 20.0. The van der Waals surface area contributed by atoms with E-state index in [1.165, 1.54) is 11.1 Å². The standard InChI is InChI=1S/C21H25ClO6.2C20H23ClO5.C9H11NO2.2C5H9NO2/c1-2-27-15-6-3-12(4-7-15)9-14-10-13(5-8-16(14)22)21-20(26)19(25)18(24)17(11-23)28-21;2*1-11-2-4-12(5-3-11)8-14-9-13(6-7-15(14)21)20-19(25)18(24)17(23)16(10-22)26-20;10-8(9(11)12)6-7-4-2-1-3-5-7;2*7-5(8)4-2-1-3-6-4/h3-8,10,17-21,23-26H,2,9,11H2,1H3;2*2-7,9,16-20,22-25H,8,10H2,1H3;1-5,8H,6,10H2,(H,11,12);2*4,6H,1-3H2,(H,7,8)/t17-,18-,19+,20-,21+;2*16-,17-,18+,19-,20+;8-;2*4-/m111000/s1. The summed E-state index contributed by atoms with van der Waals surface area (Å²) in [5.74, 6) is -1.60. The molecule has 7 aromatic rings. The molecule has 0 bridgehead atoms. The lowest BCUT2D eigenvalue weighted by atomic mass is 9.90. The summed E-state index contributed by atoms with van der Waals surface area (Å²) in [6, 6.07) is 47.7. The Labute approximate surface area is 642 Å². The molecule has 0 aromatic heterocycles. The molecule has 0 aliphatic carbocycles. The van der Waals surface area contributed by atoms with Crippen molar-refractivity contribution in [1.29, 1.82) is 0 Å². The van der Waals surface area contributed by atoms with Crippen LogP contribution >= 0.6 is 34.8 Å². The zero-order valence-electron chi connectivity index (χ0n) is 60.1. The fourth-order valence-corrected chi connectivity index (χ4v) is 13.1. The lowest BCUT2D eigenvalue weighted by Crippen LogP contribution is -2.55. The van der Waals surface area contributed by atoms with Crippen LogP contribution in [-0.4, -0.2) is 225 Å². The average molecular weight is 1560 g/mol. The Kier molecular flexibility index (Phi) is 35.5. The fourth-order valence-electron chi connectivity index (χ4n) is 12.5. The van der Waals surface area contributed by atoms with Crippen LogP contribution in [0.15, 0.2) is 158 Å². The van der Waals surface area contributed by atoms with Gasteiger partial charge in [0.05, 0.1) is 26.4 Å². The predicted octanol–water partition coefficient (Wildman–Crippen LogP) is 5.64. The van der Waals surface area contributed by atoms with Crippen LogP contribution in [0.2, 0.25) is 15.1 Å². The van der Waals surface area contributed by atoms with Crippen molar-refractivity contribution in [2.45, 2.75) is 182 Å². The normalized spacial score (nSPS) is 26.6. The van der Waals surface area contributed by atoms with Crippen LogP contribution in [0.3, 0.4) is 0 Å². The third kappa shape index (κ3) is 25.5. The number of carboxylic acid groups (broad SMARTS) is 3. The van der Waals surface area contributed by atoms with E-state index in [0.29, 0.717) is 64.0 Å². The maximum absolute atomic E-state index is 10.4. The molecule has 588 valence electrons. The van der Waals surface area contributed by atoms with Gasteiger partial charge in [-0.1, -0.05) is 173 Å². The SMILES string of the molecule is CCOc1ccc(Cc2cc([C@@H]3O[C@H](CO)[C@@H](O)[C@H](O)[C@H]3O)ccc2Cl)cc1.Cc1ccc(Cc2cc([C@@H]3O[C@H](CO)[C@@H](O)[C@H](O)[C@H]3O)ccc2Cl)cc1.Cc1ccc(Cc2cc([C@@H]3O[C@H](CO)[C@@H](O)[C@H](O)[C@H]3O)ccc2Cl)cc1.N[C@@H](Cc1ccccc1)C(=O)O.O=C(O)[C@@H]1CCCN1.O=C(O)[C@@H]1CCCN1. The maximum Gasteiger partial charge on any atom is 0.320 e. The minimum absolute atomic E-state index is 0.269. The highest BCUT2D eigenvalue weighted by atomic mass is 35.5. The third-order valence-electron chi connectivity index (χ3n) is 18.9. The molecule has 7 aromatic carbocycles. The summed E-state index contributed by atoms with van der Waals surface area (Å²) >= 11 is 19.0. The molecule has 5 saturated heterocycles. The van der Waals surface area contributed by atoms with E-state index >= 15 is 0 Å². The zero-order valence-corrected chi connectivity index (χ0v) is 62.3. The van der Waals surface area contributed by atoms with Crippen LogP contribution < -0.4 is 21.1 Å². The van der Waals surface area contributed by atoms with Crippen LogP contribution in [-0.2, 0) is 54.3 Å². The lowest BCUT2D eigenvalue weighted by Gasteiger charge is -2.40. The number of nitrogens with two attached hydrogens (primary N) is 1. The van der Waals surface area contributed by atoms with Gasteiger partial charge in [-0.3, -0.25) is 14.4 Å². The van der Waals surface area contributed by atoms with Crippen LogP contribution in [0, 0.1) is 13.8 Å². The Hall–Kier alpha value is -7.10. The van der Waals surface area contributed by atoms with Gasteiger partial charge in [0.25, 0.3) is 0 Å². The molecule has 5 heterocycles. The first-order chi connectivity index (χ1) is 51.5. The quantitative estimate of drug-likeness (QED) is 0.0466. The van der Waals surface area contributed by atoms with Gasteiger partial charge in [-0.2, -0.15) is 0 Å². The number of ether oxygens (including phenoxy) is 4. The van der Waals surface area contributed by atoms with Crippen LogP contribution in [0.25, 0.3) is 0 Å². The molecule has 0 saturated carbocycles. The smallest absolute Gasteiger partial charge is 0.320 e. The van der Waals surface area contributed by atoms with Gasteiger partial charge in [0, 0.05) is 15.1 Å². The van der Waals surface area contributed by atoms with Gasteiger partial charge in [0.1, 0.15) is 115 Å². The van der Waals surface area contributed by atoms with Gasteiger partial charge in [-0.05, 0) is 171 Å². The van der Waals surface area contributed by atoms with Gasteiger partial charge < -0.3 is 112 Å². The number of carboxylic acids is 3. The van der Waals surface area contributed by atoms with Gasteiger partial charge in [0.15, 0.2) is 0 Å². The number of rotatable bonds is 19. The predicted molar refractivity (Wildman–Crippen MR) is 404 cm³/mol. The Morgan fingerprint density at radius 1 is 0.454 bits per heavy atom. The van der Waals surface area contributed by atoms with E-state index in [1.54, 1.807) is 36.4 Å². The molecule has 0 unspecified atom stereocenters. The van der Waals surface area contributed by atoms with E-state index in [9.17, 15) is 75.7 Å². The highest BCUT2D eigenvalue weighted by molar-refractivity contribution is 6.32. The summed E-state index contributed by atoms with van der Waals surface area (Å²) < 4.78 is 22.3. The number of nitrogens with one attached hydrogen (secondary N) is 2. The molecule has 12 rings (SSSR count). The number of aliphatic hydroxyl groups is 12. The molecule has 28 heteroatoms. The zero-order chi connectivity index (χ0) is 78.9. The van der Waals surface area contributed by atoms with Crippen molar-refractivity contribution in [2.24, 2.45) is 5.73 Å². The Bertz CT molecular complexity index is 3740. The first-order valence-electron chi connectivity index (χ1n) is 35.6. The number of halogens is 3. The number of carbonyl (C=O) groups is 3. The van der Waals surface area contributed by atoms with E-state index < -0.39 is 135 Å². The number of aliphatic carboxylic acids is 3. The van der Waals surface area contributed by atoms with Gasteiger partial charge in [0.2, 0.25) is 0 Å². The van der Waals surface area contributed by atoms with E-state index in [4.69, 9.17) is 74.8 Å². The average Bonchev–Trinajstić information content (AvgIpc) is 0.916. The van der Waals surface area contributed by atoms with Crippen molar-refractivity contribution in [1.82, 2.24) is 10.6 Å². The van der Waals surface area contributed by atoms with E-state index in [1.807, 2.05) is 142 Å². The molecule has 0 amide bonds. The summed E-state index contributed by atoms with van der Waals surface area (Å²) in [5.41, 5.74) is 16.3. The first-order valence-corrected chi connectivity index (χ1v) is 36.7. The summed E-state index contributed by atoms with van der Waals surface area (Å²) in [6.07, 6.45) is -11.9. The first kappa shape index (κ1) is 88.1. The second kappa shape index (κ2) is 43.5. The lowest BCUT2D eigenvalue weighted by molar-refractivity contribution is -0.231. The Morgan fingerprint density at radius 3 is 1.05 bits per heavy atom. The summed E-state index contributed by atoms with van der Waals surface area (Å²) in [5, 5.41) is 152. The molecular formula is C80H100Cl3N3O22. The van der Waals surface area contributed by atoms with Crippen molar-refractivity contribution < 1.29 is 110 Å². The molecule has 0 spiro atoms. The largest absolute Gasteiger partial charge is 0.494 e. The Balaban J connectivity index is 0.000000191. The number of aryl methyl sites for hydroxylation is 2. The van der Waals surface area contributed by atoms with Crippen LogP contribution in [0.1, 0.15) is 118 Å². The topological polar surface area (TPSA) is 442 Å². The minimum Gasteiger partial charge on any atom is -0.494 e. The van der Waals surface area contributed by atoms with Crippen LogP contribution in [0.4, 0.5) is 0 Å². The maximum atomic E-state index is 10.4. The molecule has 0 radical (unpaired) electrons. The molecule has 5 aliphatic rings. The number of aliphatic hydroxyl groups excluding tert-OH is 12. The molecule has 5 aliphatic heterocycles. The minimum atomic E-state index is -1.42. The second-order valence-electron chi connectivity index (χ2n) is 27.0. The van der Waals surface area contributed by atoms with Gasteiger partial charge in [-0.15, -0.1) is 0 Å². The number of benzene rings is 7. The molecular weight excluding hydrogens is 1460 g/mol. The number of hydrogen-bond acceptors (Lipinski definition) is 22. The van der Waals surface area contributed by atoms with Crippen LogP contribution in [0.5, 0.6) is 5.75 Å². The molecule has 18 atom stereocenters. The second-order valence-corrected chi connectivity index (χ2v) is 28.2. The van der Waals surface area contributed by atoms with Crippen molar-refractivity contribution in [3.8, 4) is 5.75 Å². The van der Waals surface area contributed by atoms with E-state index in [-0.39, 0.29) is 12.1 Å². The van der Waals surface area contributed by atoms with Crippen molar-refractivity contribution in [2.75, 3.05) is 39.5 Å². The van der Waals surface area contributed by atoms with E-state index in [0.717, 1.165) is 83.5 Å². The summed E-state index contributed by atoms with van der Waals surface area (Å²) in [7, 11) is 0. The highest BCUT2D eigenvalue weighted by Gasteiger charge is 2.47.